The molecule has 1 heteroatoms. The van der Waals surface area contributed by atoms with Gasteiger partial charge in [-0.05, 0) is 36.6 Å². The molecule has 1 nitrogen and oxygen atoms in total. The van der Waals surface area contributed by atoms with Gasteiger partial charge in [0, 0.05) is 7.05 Å². The van der Waals surface area contributed by atoms with E-state index < -0.39 is 0 Å². The minimum Gasteiger partial charge on any atom is -0.288 e. The minimum atomic E-state index is 1.08. The molecule has 0 aliphatic heterocycles. The van der Waals surface area contributed by atoms with Crippen LogP contribution in [0.5, 0.6) is 0 Å². The number of allylic oxidation sites excluding steroid dienone is 6. The van der Waals surface area contributed by atoms with Crippen LogP contribution < -0.4 is 0 Å². The molecular formula is C11H15N. The van der Waals surface area contributed by atoms with Gasteiger partial charge in [0.25, 0.3) is 0 Å². The molecule has 0 N–H and O–H groups in total. The second-order valence-corrected chi connectivity index (χ2v) is 2.76. The van der Waals surface area contributed by atoms with E-state index in [2.05, 4.69) is 36.2 Å². The molecule has 0 fully saturated rings. The average molecular weight is 161 g/mol. The first kappa shape index (κ1) is 8.98. The summed E-state index contributed by atoms with van der Waals surface area (Å²) in [6, 6.07) is 0. The molecule has 0 spiro atoms. The Kier molecular flexibility index (Phi) is 3.03. The molecule has 64 valence electrons. The summed E-state index contributed by atoms with van der Waals surface area (Å²) < 4.78 is 0. The minimum absolute atomic E-state index is 1.08. The zero-order chi connectivity index (χ0) is 8.97. The van der Waals surface area contributed by atoms with E-state index in [0.29, 0.717) is 0 Å². The van der Waals surface area contributed by atoms with Gasteiger partial charge in [0.1, 0.15) is 0 Å². The fourth-order valence-corrected chi connectivity index (χ4v) is 1.26. The second kappa shape index (κ2) is 4.05. The lowest BCUT2D eigenvalue weighted by Gasteiger charge is -2.09. The Hall–Kier alpha value is -1.11. The van der Waals surface area contributed by atoms with Crippen LogP contribution in [0.3, 0.4) is 0 Å². The summed E-state index contributed by atoms with van der Waals surface area (Å²) in [7, 11) is 1.83. The SMILES string of the molecule is C/C=C1/C=C(CC)C=CC1=NC. The Balaban J connectivity index is 2.98. The van der Waals surface area contributed by atoms with Crippen molar-refractivity contribution in [3.8, 4) is 0 Å². The van der Waals surface area contributed by atoms with Crippen molar-refractivity contribution in [3.05, 3.63) is 35.5 Å². The highest BCUT2D eigenvalue weighted by Gasteiger charge is 2.04. The van der Waals surface area contributed by atoms with Crippen LogP contribution in [0.15, 0.2) is 40.4 Å². The Morgan fingerprint density at radius 2 is 2.17 bits per heavy atom. The zero-order valence-electron chi connectivity index (χ0n) is 7.96. The third-order valence-electron chi connectivity index (χ3n) is 2.05. The highest BCUT2D eigenvalue weighted by Crippen LogP contribution is 2.15. The van der Waals surface area contributed by atoms with Crippen LogP contribution in [0.2, 0.25) is 0 Å². The van der Waals surface area contributed by atoms with Gasteiger partial charge in [0.05, 0.1) is 5.71 Å². The monoisotopic (exact) mass is 161 g/mol. The molecule has 0 aromatic carbocycles. The summed E-state index contributed by atoms with van der Waals surface area (Å²) in [4.78, 5) is 4.19. The van der Waals surface area contributed by atoms with Crippen molar-refractivity contribution in [2.45, 2.75) is 20.3 Å². The Morgan fingerprint density at radius 1 is 1.42 bits per heavy atom. The van der Waals surface area contributed by atoms with Crippen molar-refractivity contribution in [1.29, 1.82) is 0 Å². The summed E-state index contributed by atoms with van der Waals surface area (Å²) >= 11 is 0. The van der Waals surface area contributed by atoms with Crippen molar-refractivity contribution in [2.24, 2.45) is 4.99 Å². The van der Waals surface area contributed by atoms with Gasteiger partial charge in [-0.3, -0.25) is 4.99 Å². The molecule has 0 heterocycles. The maximum atomic E-state index is 4.19. The van der Waals surface area contributed by atoms with Crippen LogP contribution in [0, 0.1) is 0 Å². The van der Waals surface area contributed by atoms with E-state index in [4.69, 9.17) is 0 Å². The second-order valence-electron chi connectivity index (χ2n) is 2.76. The van der Waals surface area contributed by atoms with E-state index in [-0.39, 0.29) is 0 Å². The molecule has 0 bridgehead atoms. The molecule has 0 amide bonds. The van der Waals surface area contributed by atoms with Crippen molar-refractivity contribution in [2.75, 3.05) is 7.05 Å². The van der Waals surface area contributed by atoms with E-state index in [9.17, 15) is 0 Å². The molecule has 1 rings (SSSR count). The van der Waals surface area contributed by atoms with Crippen molar-refractivity contribution in [1.82, 2.24) is 0 Å². The van der Waals surface area contributed by atoms with Crippen molar-refractivity contribution < 1.29 is 0 Å². The van der Waals surface area contributed by atoms with Gasteiger partial charge in [-0.1, -0.05) is 19.1 Å². The van der Waals surface area contributed by atoms with E-state index in [1.807, 2.05) is 14.0 Å². The summed E-state index contributed by atoms with van der Waals surface area (Å²) in [5.41, 5.74) is 3.68. The normalized spacial score (nSPS) is 23.4. The van der Waals surface area contributed by atoms with Crippen molar-refractivity contribution in [3.63, 3.8) is 0 Å². The highest BCUT2D eigenvalue weighted by atomic mass is 14.7. The topological polar surface area (TPSA) is 12.4 Å². The number of hydrogen-bond donors (Lipinski definition) is 0. The van der Waals surface area contributed by atoms with Crippen LogP contribution in [0.1, 0.15) is 20.3 Å². The van der Waals surface area contributed by atoms with E-state index in [1.165, 1.54) is 11.1 Å². The van der Waals surface area contributed by atoms with Crippen LogP contribution in [-0.2, 0) is 0 Å². The lowest BCUT2D eigenvalue weighted by molar-refractivity contribution is 1.14. The third kappa shape index (κ3) is 1.73. The molecule has 0 aromatic heterocycles. The smallest absolute Gasteiger partial charge is 0.0640 e. The first-order chi connectivity index (χ1) is 5.81. The lowest BCUT2D eigenvalue weighted by Crippen LogP contribution is -2.01. The van der Waals surface area contributed by atoms with E-state index in [0.717, 1.165) is 12.1 Å². The summed E-state index contributed by atoms with van der Waals surface area (Å²) in [5.74, 6) is 0. The first-order valence-electron chi connectivity index (χ1n) is 4.34. The Labute approximate surface area is 74.2 Å². The fourth-order valence-electron chi connectivity index (χ4n) is 1.26. The number of aliphatic imine (C=N–C) groups is 1. The van der Waals surface area contributed by atoms with Gasteiger partial charge in [-0.15, -0.1) is 0 Å². The highest BCUT2D eigenvalue weighted by molar-refractivity contribution is 6.11. The van der Waals surface area contributed by atoms with Crippen LogP contribution in [0.4, 0.5) is 0 Å². The Morgan fingerprint density at radius 3 is 2.67 bits per heavy atom. The van der Waals surface area contributed by atoms with Crippen LogP contribution >= 0.6 is 0 Å². The predicted molar refractivity (Wildman–Crippen MR) is 54.6 cm³/mol. The molecule has 0 radical (unpaired) electrons. The first-order valence-corrected chi connectivity index (χ1v) is 4.34. The van der Waals surface area contributed by atoms with E-state index in [1.54, 1.807) is 0 Å². The molecule has 0 atom stereocenters. The van der Waals surface area contributed by atoms with Crippen LogP contribution in [-0.4, -0.2) is 12.8 Å². The van der Waals surface area contributed by atoms with Gasteiger partial charge in [0.15, 0.2) is 0 Å². The molecule has 12 heavy (non-hydrogen) atoms. The molecule has 0 unspecified atom stereocenters. The quantitative estimate of drug-likeness (QED) is 0.560. The number of rotatable bonds is 1. The zero-order valence-corrected chi connectivity index (χ0v) is 7.96. The molecule has 1 aliphatic carbocycles. The van der Waals surface area contributed by atoms with Gasteiger partial charge in [-0.2, -0.15) is 0 Å². The standard InChI is InChI=1S/C11H15N/c1-4-9-6-7-11(12-3)10(5-2)8-9/h5-8H,4H2,1-3H3/b10-5-,12-11?. The number of hydrogen-bond acceptors (Lipinski definition) is 1. The summed E-state index contributed by atoms with van der Waals surface area (Å²) in [6.07, 6.45) is 9.60. The van der Waals surface area contributed by atoms with Gasteiger partial charge < -0.3 is 0 Å². The maximum absolute atomic E-state index is 4.19. The van der Waals surface area contributed by atoms with Gasteiger partial charge in [0.2, 0.25) is 0 Å². The van der Waals surface area contributed by atoms with Gasteiger partial charge >= 0.3 is 0 Å². The average Bonchev–Trinajstić information content (AvgIpc) is 2.16. The van der Waals surface area contributed by atoms with Crippen molar-refractivity contribution >= 4 is 5.71 Å². The summed E-state index contributed by atoms with van der Waals surface area (Å²) in [5, 5.41) is 0. The van der Waals surface area contributed by atoms with Crippen LogP contribution in [0.25, 0.3) is 0 Å². The molecule has 0 saturated heterocycles. The molecule has 0 saturated carbocycles. The maximum Gasteiger partial charge on any atom is 0.0640 e. The predicted octanol–water partition coefficient (Wildman–Crippen LogP) is 2.91. The molecule has 0 aromatic rings. The Bertz CT molecular complexity index is 277. The largest absolute Gasteiger partial charge is 0.288 e. The van der Waals surface area contributed by atoms with Gasteiger partial charge in [-0.25, -0.2) is 0 Å². The third-order valence-corrected chi connectivity index (χ3v) is 2.05. The summed E-state index contributed by atoms with van der Waals surface area (Å²) in [6.45, 7) is 4.21. The number of nitrogens with zero attached hydrogens (tertiary/aromatic N) is 1. The van der Waals surface area contributed by atoms with E-state index >= 15 is 0 Å². The fraction of sp³-hybridized carbons (Fsp3) is 0.364. The molecule has 1 aliphatic rings. The molecular weight excluding hydrogens is 146 g/mol. The lowest BCUT2D eigenvalue weighted by atomic mass is 9.98.